The molecule has 3 aromatic carbocycles. The number of hydrogen-bond donors (Lipinski definition) is 0. The average molecular weight is 779 g/mol. The van der Waals surface area contributed by atoms with E-state index in [2.05, 4.69) is 126 Å². The van der Waals surface area contributed by atoms with Crippen molar-refractivity contribution < 1.29 is 18.7 Å². The lowest BCUT2D eigenvalue weighted by Crippen LogP contribution is -2.67. The highest BCUT2D eigenvalue weighted by Gasteiger charge is 2.50. The van der Waals surface area contributed by atoms with Crippen molar-refractivity contribution in [2.24, 2.45) is 0 Å². The highest BCUT2D eigenvalue weighted by Crippen LogP contribution is 2.38. The van der Waals surface area contributed by atoms with E-state index in [1.807, 2.05) is 39.8 Å². The lowest BCUT2D eigenvalue weighted by Gasteiger charge is -2.45. The number of carbonyl (C=O) groups excluding carboxylic acids is 1. The van der Waals surface area contributed by atoms with Gasteiger partial charge in [-0.1, -0.05) is 112 Å². The first-order valence-electron chi connectivity index (χ1n) is 20.2. The zero-order valence-corrected chi connectivity index (χ0v) is 35.8. The molecule has 1 amide bonds. The minimum Gasteiger partial charge on any atom is -0.462 e. The Morgan fingerprint density at radius 2 is 1.45 bits per heavy atom. The van der Waals surface area contributed by atoms with Gasteiger partial charge in [0, 0.05) is 58.0 Å². The Balaban J connectivity index is 1.34. The Morgan fingerprint density at radius 1 is 0.821 bits per heavy atom. The third-order valence-corrected chi connectivity index (χ3v) is 15.8. The van der Waals surface area contributed by atoms with Crippen LogP contribution in [0.25, 0.3) is 0 Å². The van der Waals surface area contributed by atoms with E-state index in [0.717, 1.165) is 43.1 Å². The second-order valence-electron chi connectivity index (χ2n) is 17.4. The molecule has 56 heavy (non-hydrogen) atoms. The van der Waals surface area contributed by atoms with Crippen LogP contribution in [0.1, 0.15) is 64.8 Å². The number of piperazine rings is 1. The van der Waals surface area contributed by atoms with Crippen LogP contribution >= 0.6 is 0 Å². The van der Waals surface area contributed by atoms with Crippen molar-refractivity contribution in [3.8, 4) is 6.01 Å². The summed E-state index contributed by atoms with van der Waals surface area (Å²) in [5, 5.41) is 2.35. The predicted molar refractivity (Wildman–Crippen MR) is 227 cm³/mol. The first-order valence-corrected chi connectivity index (χ1v) is 22.1. The van der Waals surface area contributed by atoms with Crippen LogP contribution in [-0.4, -0.2) is 111 Å². The Kier molecular flexibility index (Phi) is 13.2. The van der Waals surface area contributed by atoms with Gasteiger partial charge >= 0.3 is 12.1 Å². The van der Waals surface area contributed by atoms with Gasteiger partial charge in [0.25, 0.3) is 8.32 Å². The number of rotatable bonds is 13. The number of amides is 1. The molecule has 0 radical (unpaired) electrons. The van der Waals surface area contributed by atoms with Crippen LogP contribution in [0.15, 0.2) is 91.0 Å². The van der Waals surface area contributed by atoms with Crippen LogP contribution in [0.5, 0.6) is 6.01 Å². The van der Waals surface area contributed by atoms with Crippen molar-refractivity contribution >= 4 is 30.6 Å². The summed E-state index contributed by atoms with van der Waals surface area (Å²) in [6.07, 6.45) is 1.23. The number of nitrogens with zero attached hydrogens (tertiary/aromatic N) is 6. The van der Waals surface area contributed by atoms with Crippen LogP contribution in [0, 0.1) is 0 Å². The molecule has 3 heterocycles. The summed E-state index contributed by atoms with van der Waals surface area (Å²) in [7, 11) is 1.29. The van der Waals surface area contributed by atoms with Gasteiger partial charge in [-0.3, -0.25) is 4.90 Å². The molecule has 300 valence electrons. The summed E-state index contributed by atoms with van der Waals surface area (Å²) in [6, 6.07) is 32.5. The van der Waals surface area contributed by atoms with Crippen molar-refractivity contribution in [1.82, 2.24) is 24.7 Å². The number of likely N-dealkylation sites (N-methyl/N-ethyl adjacent to an activating group) is 1. The SMILES string of the molecule is CN(C)CCOc1nc2c(c(N3CCN(C(=O)OC(C)(C)C)CC3CCO[Si](c3ccccc3)(c3ccccc3)C(C)(C)C)n1)CCN(Cc1ccccc1)C2. The van der Waals surface area contributed by atoms with Gasteiger partial charge in [0.15, 0.2) is 0 Å². The van der Waals surface area contributed by atoms with Crippen molar-refractivity contribution in [3.63, 3.8) is 0 Å². The fourth-order valence-electron chi connectivity index (χ4n) is 8.02. The molecule has 1 aromatic heterocycles. The fourth-order valence-corrected chi connectivity index (χ4v) is 12.6. The van der Waals surface area contributed by atoms with E-state index in [0.29, 0.717) is 51.8 Å². The third-order valence-electron chi connectivity index (χ3n) is 10.7. The number of hydrogen-bond acceptors (Lipinski definition) is 9. The molecule has 4 aromatic rings. The van der Waals surface area contributed by atoms with Crippen LogP contribution in [0.4, 0.5) is 10.6 Å². The van der Waals surface area contributed by atoms with Crippen molar-refractivity contribution in [3.05, 3.63) is 108 Å². The predicted octanol–water partition coefficient (Wildman–Crippen LogP) is 6.37. The topological polar surface area (TPSA) is 83.5 Å². The zero-order valence-electron chi connectivity index (χ0n) is 34.8. The molecule has 0 saturated carbocycles. The number of fused-ring (bicyclic) bond motifs is 1. The van der Waals surface area contributed by atoms with Gasteiger partial charge in [0.2, 0.25) is 0 Å². The second-order valence-corrected chi connectivity index (χ2v) is 21.7. The maximum Gasteiger partial charge on any atom is 0.410 e. The summed E-state index contributed by atoms with van der Waals surface area (Å²) in [5.41, 5.74) is 2.87. The van der Waals surface area contributed by atoms with E-state index in [1.54, 1.807) is 0 Å². The van der Waals surface area contributed by atoms with Gasteiger partial charge in [-0.2, -0.15) is 9.97 Å². The summed E-state index contributed by atoms with van der Waals surface area (Å²) < 4.78 is 19.6. The monoisotopic (exact) mass is 778 g/mol. The van der Waals surface area contributed by atoms with Crippen LogP contribution in [-0.2, 0) is 28.7 Å². The normalized spacial score (nSPS) is 16.8. The molecule has 0 spiro atoms. The second kappa shape index (κ2) is 17.9. The number of anilines is 1. The van der Waals surface area contributed by atoms with E-state index < -0.39 is 13.9 Å². The molecule has 0 bridgehead atoms. The molecule has 1 atom stereocenters. The van der Waals surface area contributed by atoms with E-state index >= 15 is 0 Å². The molecule has 6 rings (SSSR count). The lowest BCUT2D eigenvalue weighted by atomic mass is 10.0. The minimum atomic E-state index is -2.78. The molecule has 2 aliphatic heterocycles. The van der Waals surface area contributed by atoms with Crippen molar-refractivity contribution in [2.75, 3.05) is 64.9 Å². The number of ether oxygens (including phenoxy) is 2. The molecule has 0 aliphatic carbocycles. The quantitative estimate of drug-likeness (QED) is 0.144. The molecule has 1 unspecified atom stereocenters. The summed E-state index contributed by atoms with van der Waals surface area (Å²) >= 11 is 0. The third kappa shape index (κ3) is 9.98. The summed E-state index contributed by atoms with van der Waals surface area (Å²) in [4.78, 5) is 32.6. The van der Waals surface area contributed by atoms with Gasteiger partial charge in [-0.15, -0.1) is 0 Å². The first kappa shape index (κ1) is 41.3. The van der Waals surface area contributed by atoms with Gasteiger partial charge in [0.05, 0.1) is 11.7 Å². The molecule has 2 aliphatic rings. The van der Waals surface area contributed by atoms with Gasteiger partial charge < -0.3 is 28.6 Å². The Bertz CT molecular complexity index is 1830. The highest BCUT2D eigenvalue weighted by atomic mass is 28.4. The molecule has 1 fully saturated rings. The van der Waals surface area contributed by atoms with Crippen LogP contribution < -0.4 is 20.0 Å². The molecular weight excluding hydrogens is 717 g/mol. The number of benzene rings is 3. The van der Waals surface area contributed by atoms with Gasteiger partial charge in [-0.05, 0) is 68.7 Å². The summed E-state index contributed by atoms with van der Waals surface area (Å²) in [6.45, 7) is 18.5. The van der Waals surface area contributed by atoms with E-state index in [4.69, 9.17) is 23.9 Å². The summed E-state index contributed by atoms with van der Waals surface area (Å²) in [5.74, 6) is 0.911. The molecule has 0 N–H and O–H groups in total. The van der Waals surface area contributed by atoms with Gasteiger partial charge in [0.1, 0.15) is 18.0 Å². The van der Waals surface area contributed by atoms with Crippen LogP contribution in [0.2, 0.25) is 5.04 Å². The Morgan fingerprint density at radius 3 is 2.04 bits per heavy atom. The number of aromatic nitrogens is 2. The van der Waals surface area contributed by atoms with Crippen molar-refractivity contribution in [2.45, 2.75) is 84.2 Å². The Hall–Kier alpha value is -4.29. The molecule has 10 nitrogen and oxygen atoms in total. The van der Waals surface area contributed by atoms with E-state index in [-0.39, 0.29) is 17.2 Å². The highest BCUT2D eigenvalue weighted by molar-refractivity contribution is 6.99. The largest absolute Gasteiger partial charge is 0.462 e. The molecule has 11 heteroatoms. The van der Waals surface area contributed by atoms with Gasteiger partial charge in [-0.25, -0.2) is 4.79 Å². The molecular formula is C45H62N6O4Si. The standard InChI is InChI=1S/C45H62N6O4Si/c1-44(2,3)55-43(52)50-27-28-51(36(33-50)25-30-54-56(45(4,5)6,37-20-14-10-15-21-37)38-22-16-11-17-23-38)41-39-24-26-49(32-35-18-12-9-13-19-35)34-40(39)46-42(47-41)53-31-29-48(7)8/h9-23,36H,24-34H2,1-8H3. The smallest absolute Gasteiger partial charge is 0.410 e. The van der Waals surface area contributed by atoms with Crippen molar-refractivity contribution in [1.29, 1.82) is 0 Å². The fraction of sp³-hybridized carbons (Fsp3) is 0.489. The minimum absolute atomic E-state index is 0.0783. The first-order chi connectivity index (χ1) is 26.7. The van der Waals surface area contributed by atoms with E-state index in [9.17, 15) is 4.79 Å². The molecule has 1 saturated heterocycles. The van der Waals surface area contributed by atoms with E-state index in [1.165, 1.54) is 15.9 Å². The zero-order chi connectivity index (χ0) is 39.9. The average Bonchev–Trinajstić information content (AvgIpc) is 3.16. The number of carbonyl (C=O) groups is 1. The lowest BCUT2D eigenvalue weighted by molar-refractivity contribution is 0.0207. The maximum absolute atomic E-state index is 13.6. The Labute approximate surface area is 335 Å². The maximum atomic E-state index is 13.6. The van der Waals surface area contributed by atoms with Crippen LogP contribution in [0.3, 0.4) is 0 Å².